The summed E-state index contributed by atoms with van der Waals surface area (Å²) in [5.74, 6) is 1.24. The Bertz CT molecular complexity index is 940. The van der Waals surface area contributed by atoms with Crippen molar-refractivity contribution in [2.45, 2.75) is 39.5 Å². The van der Waals surface area contributed by atoms with Gasteiger partial charge < -0.3 is 24.9 Å². The van der Waals surface area contributed by atoms with E-state index in [4.69, 9.17) is 25.4 Å². The average Bonchev–Trinajstić information content (AvgIpc) is 2.99. The minimum atomic E-state index is -0.415. The number of hydrogen-bond acceptors (Lipinski definition) is 5. The van der Waals surface area contributed by atoms with E-state index in [0.29, 0.717) is 12.2 Å². The zero-order chi connectivity index (χ0) is 23.0. The Balaban J connectivity index is 0.000000327. The van der Waals surface area contributed by atoms with Crippen molar-refractivity contribution in [3.05, 3.63) is 65.4 Å². The molecule has 3 rings (SSSR count). The van der Waals surface area contributed by atoms with Crippen molar-refractivity contribution in [3.63, 3.8) is 0 Å². The van der Waals surface area contributed by atoms with E-state index in [0.717, 1.165) is 24.5 Å². The number of likely N-dealkylation sites (N-methyl/N-ethyl adjacent to an activating group) is 1. The van der Waals surface area contributed by atoms with Crippen LogP contribution in [-0.2, 0) is 22.2 Å². The molecule has 1 radical (unpaired) electrons. The summed E-state index contributed by atoms with van der Waals surface area (Å²) in [5, 5.41) is 23.1. The van der Waals surface area contributed by atoms with E-state index in [1.165, 1.54) is 23.2 Å². The molecule has 3 N–H and O–H groups in total. The van der Waals surface area contributed by atoms with Crippen molar-refractivity contribution in [1.29, 1.82) is 10.8 Å². The molecule has 0 fully saturated rings. The van der Waals surface area contributed by atoms with Crippen LogP contribution in [0, 0.1) is 10.8 Å². The number of hydrogen-bond donors (Lipinski definition) is 3. The molecule has 0 bridgehead atoms. The maximum Gasteiger partial charge on any atom is 0.210 e. The summed E-state index contributed by atoms with van der Waals surface area (Å²) in [7, 11) is 1.69. The van der Waals surface area contributed by atoms with Crippen molar-refractivity contribution < 1.29 is 31.4 Å². The molecule has 0 atom stereocenters. The maximum atomic E-state index is 8.83. The molecule has 0 saturated heterocycles. The summed E-state index contributed by atoms with van der Waals surface area (Å²) < 4.78 is 10.7. The zero-order valence-electron chi connectivity index (χ0n) is 19.4. The third kappa shape index (κ3) is 6.14. The fraction of sp³-hybridized carbons (Fsp3) is 0.360. The fourth-order valence-corrected chi connectivity index (χ4v) is 3.63. The SMILES string of the molecule is CCCOc1ccc(C(=N)O)cc1.CCN1/C(=C\C=N)C(C)(C)c2cc(OC)ccc21.[Co]. The van der Waals surface area contributed by atoms with Crippen LogP contribution in [0.4, 0.5) is 5.69 Å². The standard InChI is InChI=1S/C15H20N2O.C10H13NO2.Co/c1-5-17-13-7-6-11(18-4)10-12(13)15(2,3)14(17)8-9-16;1-2-7-13-9-5-3-8(4-6-9)10(11)12;/h6-10,16H,5H2,1-4H3;3-6H,2,7H2,1H3,(H2,11,12);/b14-8-,16-9?;;. The molecule has 1 aliphatic heterocycles. The number of aliphatic hydroxyl groups excluding tert-OH is 1. The molecule has 0 spiro atoms. The number of nitrogens with one attached hydrogen (secondary N) is 2. The van der Waals surface area contributed by atoms with Crippen molar-refractivity contribution >= 4 is 17.8 Å². The molecule has 2 aromatic carbocycles. The Hall–Kier alpha value is -2.77. The third-order valence-corrected chi connectivity index (χ3v) is 5.26. The van der Waals surface area contributed by atoms with E-state index >= 15 is 0 Å². The van der Waals surface area contributed by atoms with Gasteiger partial charge in [0.1, 0.15) is 11.5 Å². The van der Waals surface area contributed by atoms with Crippen molar-refractivity contribution in [2.24, 2.45) is 0 Å². The van der Waals surface area contributed by atoms with Gasteiger partial charge >= 0.3 is 0 Å². The van der Waals surface area contributed by atoms with Crippen LogP contribution in [-0.4, -0.2) is 37.5 Å². The number of aliphatic hydroxyl groups is 1. The first-order valence-corrected chi connectivity index (χ1v) is 10.5. The minimum absolute atomic E-state index is 0. The van der Waals surface area contributed by atoms with Gasteiger partial charge in [-0.25, -0.2) is 0 Å². The van der Waals surface area contributed by atoms with Gasteiger partial charge in [-0.3, -0.25) is 5.41 Å². The van der Waals surface area contributed by atoms with Crippen LogP contribution >= 0.6 is 0 Å². The quantitative estimate of drug-likeness (QED) is 0.349. The van der Waals surface area contributed by atoms with Crippen molar-refractivity contribution in [3.8, 4) is 11.5 Å². The van der Waals surface area contributed by atoms with E-state index in [9.17, 15) is 0 Å². The monoisotopic (exact) mass is 482 g/mol. The summed E-state index contributed by atoms with van der Waals surface area (Å²) in [4.78, 5) is 2.26. The van der Waals surface area contributed by atoms with Crippen LogP contribution in [0.3, 0.4) is 0 Å². The van der Waals surface area contributed by atoms with Crippen LogP contribution in [0.5, 0.6) is 11.5 Å². The van der Waals surface area contributed by atoms with E-state index in [-0.39, 0.29) is 22.2 Å². The Morgan fingerprint density at radius 3 is 2.22 bits per heavy atom. The van der Waals surface area contributed by atoms with Gasteiger partial charge in [-0.2, -0.15) is 0 Å². The van der Waals surface area contributed by atoms with Crippen LogP contribution in [0.15, 0.2) is 54.2 Å². The van der Waals surface area contributed by atoms with Crippen LogP contribution in [0.25, 0.3) is 0 Å². The molecule has 0 saturated carbocycles. The second-order valence-electron chi connectivity index (χ2n) is 7.69. The number of methoxy groups -OCH3 is 1. The van der Waals surface area contributed by atoms with E-state index in [1.54, 1.807) is 31.4 Å². The largest absolute Gasteiger partial charge is 0.497 e. The summed E-state index contributed by atoms with van der Waals surface area (Å²) in [6.45, 7) is 10.1. The number of fused-ring (bicyclic) bond motifs is 1. The van der Waals surface area contributed by atoms with E-state index in [1.807, 2.05) is 19.1 Å². The Labute approximate surface area is 201 Å². The molecule has 0 amide bonds. The first-order chi connectivity index (χ1) is 14.8. The predicted octanol–water partition coefficient (Wildman–Crippen LogP) is 5.70. The number of nitrogens with zero attached hydrogens (tertiary/aromatic N) is 1. The topological polar surface area (TPSA) is 89.6 Å². The molecule has 1 heterocycles. The molecule has 1 aliphatic rings. The molecule has 175 valence electrons. The second-order valence-corrected chi connectivity index (χ2v) is 7.69. The molecule has 0 aromatic heterocycles. The summed E-state index contributed by atoms with van der Waals surface area (Å²) in [6, 6.07) is 13.0. The predicted molar refractivity (Wildman–Crippen MR) is 128 cm³/mol. The second kappa shape index (κ2) is 12.3. The Morgan fingerprint density at radius 2 is 1.72 bits per heavy atom. The van der Waals surface area contributed by atoms with Gasteiger partial charge in [0, 0.05) is 51.9 Å². The zero-order valence-corrected chi connectivity index (χ0v) is 20.4. The molecule has 0 aliphatic carbocycles. The minimum Gasteiger partial charge on any atom is -0.497 e. The van der Waals surface area contributed by atoms with Gasteiger partial charge in [0.25, 0.3) is 0 Å². The molecule has 6 nitrogen and oxygen atoms in total. The number of rotatable bonds is 7. The van der Waals surface area contributed by atoms with Crippen LogP contribution < -0.4 is 14.4 Å². The summed E-state index contributed by atoms with van der Waals surface area (Å²) >= 11 is 0. The summed E-state index contributed by atoms with van der Waals surface area (Å²) in [5.41, 5.74) is 4.07. The molecular weight excluding hydrogens is 449 g/mol. The maximum absolute atomic E-state index is 8.83. The van der Waals surface area contributed by atoms with Gasteiger partial charge in [0.2, 0.25) is 5.90 Å². The number of allylic oxidation sites excluding steroid dienone is 2. The first-order valence-electron chi connectivity index (χ1n) is 10.5. The van der Waals surface area contributed by atoms with Gasteiger partial charge in [-0.15, -0.1) is 0 Å². The number of ether oxygens (including phenoxy) is 2. The molecule has 32 heavy (non-hydrogen) atoms. The fourth-order valence-electron chi connectivity index (χ4n) is 3.63. The Morgan fingerprint density at radius 1 is 1.09 bits per heavy atom. The molecule has 2 aromatic rings. The van der Waals surface area contributed by atoms with E-state index in [2.05, 4.69) is 37.8 Å². The van der Waals surface area contributed by atoms with Gasteiger partial charge in [-0.1, -0.05) is 20.8 Å². The normalized spacial score (nSPS) is 14.5. The van der Waals surface area contributed by atoms with Gasteiger partial charge in [0.15, 0.2) is 0 Å². The van der Waals surface area contributed by atoms with Crippen LogP contribution in [0.1, 0.15) is 45.2 Å². The van der Waals surface area contributed by atoms with Crippen molar-refractivity contribution in [1.82, 2.24) is 0 Å². The van der Waals surface area contributed by atoms with Crippen LogP contribution in [0.2, 0.25) is 0 Å². The van der Waals surface area contributed by atoms with Crippen molar-refractivity contribution in [2.75, 3.05) is 25.2 Å². The molecular formula is C25H33CoN3O3. The van der Waals surface area contributed by atoms with E-state index < -0.39 is 5.90 Å². The third-order valence-electron chi connectivity index (χ3n) is 5.26. The smallest absolute Gasteiger partial charge is 0.210 e. The average molecular weight is 482 g/mol. The molecule has 0 unspecified atom stereocenters. The first kappa shape index (κ1) is 27.3. The number of benzene rings is 2. The Kier molecular flexibility index (Phi) is 10.5. The van der Waals surface area contributed by atoms with Gasteiger partial charge in [0.05, 0.1) is 13.7 Å². The molecule has 7 heteroatoms. The summed E-state index contributed by atoms with van der Waals surface area (Å²) in [6.07, 6.45) is 4.22. The van der Waals surface area contributed by atoms with Gasteiger partial charge in [-0.05, 0) is 67.4 Å². The number of anilines is 1.